The Bertz CT molecular complexity index is 1420. The Kier molecular flexibility index (Phi) is 8.90. The lowest BCUT2D eigenvalue weighted by atomic mass is 9.76. The fourth-order valence-corrected chi connectivity index (χ4v) is 6.86. The molecule has 0 saturated heterocycles. The number of nitrogens with one attached hydrogen (secondary N) is 3. The number of carbonyl (C=O) groups is 2. The number of halogens is 2. The minimum absolute atomic E-state index is 0.0915. The molecule has 4 atom stereocenters. The molecule has 1 saturated carbocycles. The molecule has 11 nitrogen and oxygen atoms in total. The molecule has 14 heteroatoms. The topological polar surface area (TPSA) is 170 Å². The zero-order chi connectivity index (χ0) is 28.3. The number of hydrazone groups is 1. The Balaban J connectivity index is 1.91. The summed E-state index contributed by atoms with van der Waals surface area (Å²) in [5, 5.41) is 9.98. The largest absolute Gasteiger partial charge is 0.348 e. The van der Waals surface area contributed by atoms with Crippen molar-refractivity contribution >= 4 is 50.9 Å². The maximum absolute atomic E-state index is 14.2. The predicted octanol–water partition coefficient (Wildman–Crippen LogP) is 3.55. The molecular formula is C25H29Cl2N7O4S. The molecule has 39 heavy (non-hydrogen) atoms. The van der Waals surface area contributed by atoms with Gasteiger partial charge in [-0.3, -0.25) is 9.59 Å². The van der Waals surface area contributed by atoms with E-state index < -0.39 is 40.0 Å². The van der Waals surface area contributed by atoms with Gasteiger partial charge >= 0.3 is 0 Å². The lowest BCUT2D eigenvalue weighted by Gasteiger charge is -2.49. The van der Waals surface area contributed by atoms with Gasteiger partial charge in [0.05, 0.1) is 24.8 Å². The molecule has 4 rings (SSSR count). The van der Waals surface area contributed by atoms with Crippen molar-refractivity contribution in [1.82, 2.24) is 14.9 Å². The van der Waals surface area contributed by atoms with Crippen molar-refractivity contribution in [1.29, 1.82) is 5.53 Å². The molecule has 1 fully saturated rings. The summed E-state index contributed by atoms with van der Waals surface area (Å²) in [6, 6.07) is 9.67. The summed E-state index contributed by atoms with van der Waals surface area (Å²) in [5.41, 5.74) is 8.51. The van der Waals surface area contributed by atoms with E-state index in [1.54, 1.807) is 47.4 Å². The monoisotopic (exact) mass is 593 g/mol. The summed E-state index contributed by atoms with van der Waals surface area (Å²) >= 11 is 12.9. The molecule has 1 heterocycles. The van der Waals surface area contributed by atoms with Gasteiger partial charge in [0.2, 0.25) is 15.9 Å². The van der Waals surface area contributed by atoms with Gasteiger partial charge in [-0.15, -0.1) is 5.11 Å². The minimum Gasteiger partial charge on any atom is -0.348 e. The fourth-order valence-electron chi connectivity index (χ4n) is 5.52. The van der Waals surface area contributed by atoms with Crippen LogP contribution in [-0.2, 0) is 14.8 Å². The third-order valence-corrected chi connectivity index (χ3v) is 8.38. The molecule has 1 aliphatic heterocycles. The van der Waals surface area contributed by atoms with Gasteiger partial charge in [-0.05, 0) is 42.2 Å². The molecule has 5 N–H and O–H groups in total. The van der Waals surface area contributed by atoms with Crippen molar-refractivity contribution in [2.24, 2.45) is 16.1 Å². The zero-order valence-corrected chi connectivity index (χ0v) is 23.4. The van der Waals surface area contributed by atoms with Crippen LogP contribution in [0.3, 0.4) is 0 Å². The maximum atomic E-state index is 14.2. The Morgan fingerprint density at radius 3 is 2.54 bits per heavy atom. The first-order chi connectivity index (χ1) is 18.6. The fraction of sp³-hybridized carbons (Fsp3) is 0.400. The first-order valence-electron chi connectivity index (χ1n) is 12.3. The number of carbonyl (C=O) groups excluding carboxylic acids is 2. The van der Waals surface area contributed by atoms with Crippen LogP contribution in [0.4, 0.5) is 0 Å². The molecule has 2 aromatic carbocycles. The highest BCUT2D eigenvalue weighted by molar-refractivity contribution is 7.88. The van der Waals surface area contributed by atoms with Crippen LogP contribution in [0, 0.1) is 5.53 Å². The van der Waals surface area contributed by atoms with Crippen LogP contribution in [0.2, 0.25) is 10.0 Å². The number of hydrogen-bond acceptors (Lipinski definition) is 7. The van der Waals surface area contributed by atoms with E-state index in [1.165, 1.54) is 0 Å². The molecule has 2 aromatic rings. The Labute approximate surface area is 236 Å². The molecule has 0 aromatic heterocycles. The van der Waals surface area contributed by atoms with Crippen LogP contribution in [0.5, 0.6) is 0 Å². The van der Waals surface area contributed by atoms with Crippen molar-refractivity contribution < 1.29 is 18.0 Å². The highest BCUT2D eigenvalue weighted by atomic mass is 35.5. The predicted molar refractivity (Wildman–Crippen MR) is 148 cm³/mol. The second-order valence-electron chi connectivity index (χ2n) is 9.61. The SMILES string of the molecule is CS(=O)(=O)N[C@H]1CCCCC1N1C(=O)c2ccccc2[C@@H](C(=O)NCC(N=N)=NN)[C@@H]1c1ccc(Cl)cc1Cl. The van der Waals surface area contributed by atoms with Crippen molar-refractivity contribution in [2.45, 2.75) is 49.7 Å². The second-order valence-corrected chi connectivity index (χ2v) is 12.2. The van der Waals surface area contributed by atoms with Gasteiger partial charge < -0.3 is 16.1 Å². The minimum atomic E-state index is -3.59. The average molecular weight is 595 g/mol. The van der Waals surface area contributed by atoms with E-state index in [9.17, 15) is 18.0 Å². The number of benzene rings is 2. The van der Waals surface area contributed by atoms with Crippen molar-refractivity contribution in [3.63, 3.8) is 0 Å². The molecular weight excluding hydrogens is 565 g/mol. The Morgan fingerprint density at radius 1 is 1.15 bits per heavy atom. The average Bonchev–Trinajstić information content (AvgIpc) is 2.89. The van der Waals surface area contributed by atoms with Crippen molar-refractivity contribution in [2.75, 3.05) is 12.8 Å². The van der Waals surface area contributed by atoms with Gasteiger partial charge in [0.1, 0.15) is 0 Å². The van der Waals surface area contributed by atoms with Crippen LogP contribution in [0.15, 0.2) is 52.7 Å². The molecule has 0 radical (unpaired) electrons. The van der Waals surface area contributed by atoms with E-state index in [0.29, 0.717) is 34.6 Å². The van der Waals surface area contributed by atoms with Crippen LogP contribution in [-0.4, -0.2) is 55.9 Å². The maximum Gasteiger partial charge on any atom is 0.255 e. The van der Waals surface area contributed by atoms with Gasteiger partial charge in [0.15, 0.2) is 5.84 Å². The summed E-state index contributed by atoms with van der Waals surface area (Å²) < 4.78 is 27.2. The number of amides is 2. The van der Waals surface area contributed by atoms with Gasteiger partial charge in [0.25, 0.3) is 5.91 Å². The zero-order valence-electron chi connectivity index (χ0n) is 21.1. The van der Waals surface area contributed by atoms with Gasteiger partial charge in [-0.1, -0.05) is 60.3 Å². The third-order valence-electron chi connectivity index (χ3n) is 7.09. The highest BCUT2D eigenvalue weighted by Gasteiger charge is 2.49. The first kappa shape index (κ1) is 28.9. The molecule has 2 aliphatic rings. The number of rotatable bonds is 7. The van der Waals surface area contributed by atoms with Gasteiger partial charge in [0, 0.05) is 27.7 Å². The summed E-state index contributed by atoms with van der Waals surface area (Å²) in [7, 11) is -3.59. The molecule has 2 amide bonds. The standard InChI is InChI=1S/C25H29Cl2N7O4S/c1-39(37,38)33-19-8-4-5-9-20(19)34-23(17-11-10-14(26)12-18(17)27)22(24(35)30-13-21(31-28)32-29)15-6-2-3-7-16(15)25(34)36/h2-3,6-7,10-12,19-20,22-23,28,33H,4-5,8-9,13,29H2,1H3,(H,30,35)/t19-,20?,22+,23-/m0/s1. The van der Waals surface area contributed by atoms with Gasteiger partial charge in [-0.2, -0.15) is 5.10 Å². The molecule has 208 valence electrons. The number of amidine groups is 1. The van der Waals surface area contributed by atoms with Crippen molar-refractivity contribution in [3.8, 4) is 0 Å². The smallest absolute Gasteiger partial charge is 0.255 e. The van der Waals surface area contributed by atoms with E-state index in [0.717, 1.165) is 19.1 Å². The number of fused-ring (bicyclic) bond motifs is 1. The van der Waals surface area contributed by atoms with E-state index in [1.807, 2.05) is 0 Å². The van der Waals surface area contributed by atoms with E-state index >= 15 is 0 Å². The molecule has 0 bridgehead atoms. The number of nitrogens with two attached hydrogens (primary N) is 1. The lowest BCUT2D eigenvalue weighted by Crippen LogP contribution is -2.59. The lowest BCUT2D eigenvalue weighted by molar-refractivity contribution is -0.124. The summed E-state index contributed by atoms with van der Waals surface area (Å²) in [6.07, 6.45) is 3.71. The Hall–Kier alpha value is -3.06. The highest BCUT2D eigenvalue weighted by Crippen LogP contribution is 2.47. The summed E-state index contributed by atoms with van der Waals surface area (Å²) in [6.45, 7) is -0.200. The van der Waals surface area contributed by atoms with E-state index in [2.05, 4.69) is 20.3 Å². The van der Waals surface area contributed by atoms with Gasteiger partial charge in [-0.25, -0.2) is 18.7 Å². The first-order valence-corrected chi connectivity index (χ1v) is 15.0. The van der Waals surface area contributed by atoms with Crippen molar-refractivity contribution in [3.05, 3.63) is 69.2 Å². The normalized spacial score (nSPS) is 23.7. The number of nitrogens with zero attached hydrogens (tertiary/aromatic N) is 3. The van der Waals surface area contributed by atoms with E-state index in [4.69, 9.17) is 34.6 Å². The van der Waals surface area contributed by atoms with E-state index in [-0.39, 0.29) is 23.3 Å². The van der Waals surface area contributed by atoms with Crippen LogP contribution in [0.1, 0.15) is 59.1 Å². The molecule has 0 spiro atoms. The van der Waals surface area contributed by atoms with Crippen LogP contribution >= 0.6 is 23.2 Å². The molecule has 1 unspecified atom stereocenters. The summed E-state index contributed by atoms with van der Waals surface area (Å²) in [5.74, 6) is 3.43. The third kappa shape index (κ3) is 6.24. The van der Waals surface area contributed by atoms with Crippen LogP contribution < -0.4 is 15.9 Å². The quantitative estimate of drug-likeness (QED) is 0.126. The summed E-state index contributed by atoms with van der Waals surface area (Å²) in [4.78, 5) is 29.7. The Morgan fingerprint density at radius 2 is 1.87 bits per heavy atom. The number of sulfonamides is 1. The second kappa shape index (κ2) is 12.0. The molecule has 1 aliphatic carbocycles. The number of hydrogen-bond donors (Lipinski definition) is 4. The van der Waals surface area contributed by atoms with Crippen LogP contribution in [0.25, 0.3) is 0 Å².